The van der Waals surface area contributed by atoms with Gasteiger partial charge in [-0.25, -0.2) is 0 Å². The molecule has 0 aromatic heterocycles. The van der Waals surface area contributed by atoms with Crippen molar-refractivity contribution in [1.82, 2.24) is 4.90 Å². The van der Waals surface area contributed by atoms with Crippen LogP contribution in [0.1, 0.15) is 19.8 Å². The molecule has 0 saturated carbocycles. The molecule has 0 aliphatic carbocycles. The number of nitrogens with zero attached hydrogens (tertiary/aromatic N) is 1. The maximum absolute atomic E-state index is 8.76. The standard InChI is InChI=1S/C10H21NO2/c1-3-10-9(4-7-13-10)8-11(2)5-6-12/h9-10,12H,3-8H2,1-2H3. The molecule has 1 rings (SSSR count). The van der Waals surface area contributed by atoms with Gasteiger partial charge in [-0.3, -0.25) is 0 Å². The molecule has 2 atom stereocenters. The van der Waals surface area contributed by atoms with E-state index in [9.17, 15) is 0 Å². The maximum atomic E-state index is 8.76. The van der Waals surface area contributed by atoms with Crippen LogP contribution < -0.4 is 0 Å². The van der Waals surface area contributed by atoms with Gasteiger partial charge in [0.1, 0.15) is 0 Å². The molecule has 0 amide bonds. The molecule has 1 heterocycles. The van der Waals surface area contributed by atoms with E-state index >= 15 is 0 Å². The van der Waals surface area contributed by atoms with Crippen LogP contribution in [0.4, 0.5) is 0 Å². The molecule has 78 valence electrons. The molecular weight excluding hydrogens is 166 g/mol. The number of hydrogen-bond acceptors (Lipinski definition) is 3. The van der Waals surface area contributed by atoms with Crippen molar-refractivity contribution in [2.45, 2.75) is 25.9 Å². The van der Waals surface area contributed by atoms with Crippen molar-refractivity contribution in [3.8, 4) is 0 Å². The van der Waals surface area contributed by atoms with Gasteiger partial charge in [0.25, 0.3) is 0 Å². The van der Waals surface area contributed by atoms with Crippen molar-refractivity contribution >= 4 is 0 Å². The predicted octanol–water partition coefficient (Wildman–Crippen LogP) is 0.726. The monoisotopic (exact) mass is 187 g/mol. The van der Waals surface area contributed by atoms with Crippen LogP contribution in [-0.4, -0.2) is 49.5 Å². The van der Waals surface area contributed by atoms with Gasteiger partial charge in [-0.15, -0.1) is 0 Å². The van der Waals surface area contributed by atoms with Crippen LogP contribution in [0.5, 0.6) is 0 Å². The van der Waals surface area contributed by atoms with Crippen molar-refractivity contribution < 1.29 is 9.84 Å². The SMILES string of the molecule is CCC1OCCC1CN(C)CCO. The Labute approximate surface area is 80.7 Å². The molecule has 1 N–H and O–H groups in total. The molecule has 0 bridgehead atoms. The van der Waals surface area contributed by atoms with Gasteiger partial charge in [-0.2, -0.15) is 0 Å². The summed E-state index contributed by atoms with van der Waals surface area (Å²) in [7, 11) is 2.06. The molecule has 1 fully saturated rings. The van der Waals surface area contributed by atoms with E-state index in [-0.39, 0.29) is 6.61 Å². The van der Waals surface area contributed by atoms with E-state index in [1.807, 2.05) is 0 Å². The molecule has 0 spiro atoms. The van der Waals surface area contributed by atoms with E-state index in [1.54, 1.807) is 0 Å². The molecule has 0 aromatic rings. The number of aliphatic hydroxyl groups excluding tert-OH is 1. The van der Waals surface area contributed by atoms with Crippen molar-refractivity contribution in [2.75, 3.05) is 33.4 Å². The average Bonchev–Trinajstić information content (AvgIpc) is 2.52. The van der Waals surface area contributed by atoms with E-state index < -0.39 is 0 Å². The summed E-state index contributed by atoms with van der Waals surface area (Å²) in [6, 6.07) is 0. The first-order valence-electron chi connectivity index (χ1n) is 5.19. The summed E-state index contributed by atoms with van der Waals surface area (Å²) in [6.07, 6.45) is 2.73. The van der Waals surface area contributed by atoms with Gasteiger partial charge < -0.3 is 14.7 Å². The Kier molecular flexibility index (Phi) is 4.70. The number of hydrogen-bond donors (Lipinski definition) is 1. The van der Waals surface area contributed by atoms with Crippen LogP contribution in [0, 0.1) is 5.92 Å². The van der Waals surface area contributed by atoms with Gasteiger partial charge in [-0.05, 0) is 25.8 Å². The highest BCUT2D eigenvalue weighted by Crippen LogP contribution is 2.23. The fourth-order valence-electron chi connectivity index (χ4n) is 2.02. The van der Waals surface area contributed by atoms with Crippen molar-refractivity contribution in [3.05, 3.63) is 0 Å². The van der Waals surface area contributed by atoms with Gasteiger partial charge in [0.15, 0.2) is 0 Å². The summed E-state index contributed by atoms with van der Waals surface area (Å²) in [6.45, 7) is 5.16. The van der Waals surface area contributed by atoms with E-state index in [2.05, 4.69) is 18.9 Å². The zero-order chi connectivity index (χ0) is 9.68. The molecule has 13 heavy (non-hydrogen) atoms. The molecule has 1 aliphatic heterocycles. The molecule has 3 heteroatoms. The fraction of sp³-hybridized carbons (Fsp3) is 1.00. The zero-order valence-corrected chi connectivity index (χ0v) is 8.70. The van der Waals surface area contributed by atoms with Crippen LogP contribution >= 0.6 is 0 Å². The van der Waals surface area contributed by atoms with Crippen LogP contribution in [-0.2, 0) is 4.74 Å². The van der Waals surface area contributed by atoms with Gasteiger partial charge in [-0.1, -0.05) is 6.92 Å². The largest absolute Gasteiger partial charge is 0.395 e. The lowest BCUT2D eigenvalue weighted by Gasteiger charge is -2.23. The highest BCUT2D eigenvalue weighted by molar-refractivity contribution is 4.77. The summed E-state index contributed by atoms with van der Waals surface area (Å²) in [5, 5.41) is 8.76. The lowest BCUT2D eigenvalue weighted by atomic mass is 9.99. The molecular formula is C10H21NO2. The Balaban J connectivity index is 2.26. The topological polar surface area (TPSA) is 32.7 Å². The van der Waals surface area contributed by atoms with Gasteiger partial charge in [0.05, 0.1) is 12.7 Å². The molecule has 0 radical (unpaired) electrons. The third kappa shape index (κ3) is 3.25. The maximum Gasteiger partial charge on any atom is 0.0613 e. The zero-order valence-electron chi connectivity index (χ0n) is 8.70. The Morgan fingerprint density at radius 3 is 2.92 bits per heavy atom. The minimum atomic E-state index is 0.251. The first-order chi connectivity index (χ1) is 6.27. The minimum Gasteiger partial charge on any atom is -0.395 e. The third-order valence-corrected chi connectivity index (χ3v) is 2.78. The molecule has 1 saturated heterocycles. The minimum absolute atomic E-state index is 0.251. The Hall–Kier alpha value is -0.120. The number of rotatable bonds is 5. The quantitative estimate of drug-likeness (QED) is 0.688. The number of likely N-dealkylation sites (N-methyl/N-ethyl adjacent to an activating group) is 1. The molecule has 0 aromatic carbocycles. The number of aliphatic hydroxyl groups is 1. The first-order valence-corrected chi connectivity index (χ1v) is 5.19. The molecule has 3 nitrogen and oxygen atoms in total. The van der Waals surface area contributed by atoms with E-state index in [1.165, 1.54) is 6.42 Å². The average molecular weight is 187 g/mol. The lowest BCUT2D eigenvalue weighted by molar-refractivity contribution is 0.0764. The second kappa shape index (κ2) is 5.58. The second-order valence-corrected chi connectivity index (χ2v) is 3.85. The third-order valence-electron chi connectivity index (χ3n) is 2.78. The van der Waals surface area contributed by atoms with Gasteiger partial charge in [0, 0.05) is 19.7 Å². The summed E-state index contributed by atoms with van der Waals surface area (Å²) in [4.78, 5) is 2.18. The smallest absolute Gasteiger partial charge is 0.0613 e. The lowest BCUT2D eigenvalue weighted by Crippen LogP contribution is -2.31. The molecule has 2 unspecified atom stereocenters. The van der Waals surface area contributed by atoms with Crippen molar-refractivity contribution in [2.24, 2.45) is 5.92 Å². The molecule has 1 aliphatic rings. The van der Waals surface area contributed by atoms with Crippen molar-refractivity contribution in [1.29, 1.82) is 0 Å². The Bertz CT molecular complexity index is 141. The Morgan fingerprint density at radius 2 is 2.31 bits per heavy atom. The summed E-state index contributed by atoms with van der Waals surface area (Å²) in [5.41, 5.74) is 0. The highest BCUT2D eigenvalue weighted by Gasteiger charge is 2.27. The van der Waals surface area contributed by atoms with Crippen LogP contribution in [0.25, 0.3) is 0 Å². The Morgan fingerprint density at radius 1 is 1.54 bits per heavy atom. The number of ether oxygens (including phenoxy) is 1. The van der Waals surface area contributed by atoms with E-state index in [0.717, 1.165) is 26.1 Å². The van der Waals surface area contributed by atoms with Gasteiger partial charge in [0.2, 0.25) is 0 Å². The summed E-state index contributed by atoms with van der Waals surface area (Å²) in [5.74, 6) is 0.668. The van der Waals surface area contributed by atoms with E-state index in [0.29, 0.717) is 12.0 Å². The summed E-state index contributed by atoms with van der Waals surface area (Å²) >= 11 is 0. The summed E-state index contributed by atoms with van der Waals surface area (Å²) < 4.78 is 5.60. The van der Waals surface area contributed by atoms with Crippen LogP contribution in [0.15, 0.2) is 0 Å². The van der Waals surface area contributed by atoms with Crippen LogP contribution in [0.3, 0.4) is 0 Å². The van der Waals surface area contributed by atoms with E-state index in [4.69, 9.17) is 9.84 Å². The second-order valence-electron chi connectivity index (χ2n) is 3.85. The van der Waals surface area contributed by atoms with Gasteiger partial charge >= 0.3 is 0 Å². The predicted molar refractivity (Wildman–Crippen MR) is 52.7 cm³/mol. The van der Waals surface area contributed by atoms with Crippen LogP contribution in [0.2, 0.25) is 0 Å². The first kappa shape index (κ1) is 11.0. The normalized spacial score (nSPS) is 28.6. The fourth-order valence-corrected chi connectivity index (χ4v) is 2.02. The van der Waals surface area contributed by atoms with Crippen molar-refractivity contribution in [3.63, 3.8) is 0 Å². The highest BCUT2D eigenvalue weighted by atomic mass is 16.5.